The zero-order valence-corrected chi connectivity index (χ0v) is 12.6. The van der Waals surface area contributed by atoms with Crippen molar-refractivity contribution in [2.45, 2.75) is 33.3 Å². The summed E-state index contributed by atoms with van der Waals surface area (Å²) in [6.07, 6.45) is 3.36. The van der Waals surface area contributed by atoms with E-state index in [2.05, 4.69) is 15.3 Å². The van der Waals surface area contributed by atoms with Crippen LogP contribution in [0.3, 0.4) is 0 Å². The summed E-state index contributed by atoms with van der Waals surface area (Å²) < 4.78 is 5.08. The summed E-state index contributed by atoms with van der Waals surface area (Å²) in [6, 6.07) is 0. The fourth-order valence-electron chi connectivity index (χ4n) is 1.30. The second-order valence-corrected chi connectivity index (χ2v) is 5.42. The lowest BCUT2D eigenvalue weighted by molar-refractivity contribution is 0.0550. The predicted octanol–water partition coefficient (Wildman–Crippen LogP) is 2.87. The van der Waals surface area contributed by atoms with Crippen molar-refractivity contribution < 1.29 is 9.53 Å². The van der Waals surface area contributed by atoms with Gasteiger partial charge in [0, 0.05) is 12.4 Å². The van der Waals surface area contributed by atoms with E-state index in [1.807, 2.05) is 0 Å². The maximum absolute atomic E-state index is 11.6. The van der Waals surface area contributed by atoms with Crippen LogP contribution in [0.2, 0.25) is 0 Å². The number of carbonyl (C=O) groups is 1. The standard InChI is InChI=1S/C13H17ClN4O2/c1-8-6-16-7-10(17-8)9(5-15)11(14)18-12(19)20-13(2,3)4/h5-7,15H,1-4H3,(H,18,19)/b11-9+,15-5?. The molecule has 0 bridgehead atoms. The van der Waals surface area contributed by atoms with Gasteiger partial charge in [0.25, 0.3) is 0 Å². The largest absolute Gasteiger partial charge is 0.444 e. The SMILES string of the molecule is Cc1cncc(/C(C=N)=C(\Cl)NC(=O)OC(C)(C)C)n1. The van der Waals surface area contributed by atoms with E-state index in [1.165, 1.54) is 6.20 Å². The number of nitrogens with zero attached hydrogens (tertiary/aromatic N) is 2. The Bertz CT molecular complexity index is 550. The molecular weight excluding hydrogens is 280 g/mol. The summed E-state index contributed by atoms with van der Waals surface area (Å²) in [5, 5.41) is 9.73. The molecule has 6 nitrogen and oxygen atoms in total. The molecule has 0 atom stereocenters. The molecule has 0 radical (unpaired) electrons. The normalized spacial score (nSPS) is 12.4. The van der Waals surface area contributed by atoms with E-state index in [0.717, 1.165) is 6.21 Å². The van der Waals surface area contributed by atoms with Crippen molar-refractivity contribution in [2.24, 2.45) is 0 Å². The highest BCUT2D eigenvalue weighted by atomic mass is 35.5. The molecule has 0 unspecified atom stereocenters. The quantitative estimate of drug-likeness (QED) is 0.663. The van der Waals surface area contributed by atoms with Gasteiger partial charge in [-0.2, -0.15) is 0 Å². The number of aryl methyl sites for hydroxylation is 1. The predicted molar refractivity (Wildman–Crippen MR) is 77.7 cm³/mol. The second kappa shape index (κ2) is 6.47. The Kier molecular flexibility index (Phi) is 5.21. The van der Waals surface area contributed by atoms with Gasteiger partial charge in [-0.3, -0.25) is 10.3 Å². The molecule has 1 heterocycles. The minimum absolute atomic E-state index is 0.0332. The summed E-state index contributed by atoms with van der Waals surface area (Å²) in [5.74, 6) is 0. The molecule has 20 heavy (non-hydrogen) atoms. The summed E-state index contributed by atoms with van der Waals surface area (Å²) in [4.78, 5) is 19.8. The Morgan fingerprint density at radius 1 is 1.45 bits per heavy atom. The number of hydrogen-bond acceptors (Lipinski definition) is 5. The molecule has 0 spiro atoms. The van der Waals surface area contributed by atoms with E-state index in [4.69, 9.17) is 21.7 Å². The van der Waals surface area contributed by atoms with Crippen LogP contribution < -0.4 is 5.32 Å². The van der Waals surface area contributed by atoms with Gasteiger partial charge < -0.3 is 10.1 Å². The van der Waals surface area contributed by atoms with Crippen LogP contribution in [0.15, 0.2) is 17.5 Å². The minimum atomic E-state index is -0.692. The molecule has 0 aliphatic heterocycles. The van der Waals surface area contributed by atoms with Crippen LogP contribution in [0, 0.1) is 12.3 Å². The highest BCUT2D eigenvalue weighted by Gasteiger charge is 2.18. The van der Waals surface area contributed by atoms with E-state index in [9.17, 15) is 4.79 Å². The van der Waals surface area contributed by atoms with E-state index < -0.39 is 11.7 Å². The van der Waals surface area contributed by atoms with Crippen molar-refractivity contribution >= 4 is 29.5 Å². The lowest BCUT2D eigenvalue weighted by Gasteiger charge is -2.19. The number of nitrogens with one attached hydrogen (secondary N) is 2. The zero-order valence-electron chi connectivity index (χ0n) is 11.8. The summed E-state index contributed by atoms with van der Waals surface area (Å²) in [7, 11) is 0. The third-order valence-electron chi connectivity index (χ3n) is 2.02. The maximum atomic E-state index is 11.6. The van der Waals surface area contributed by atoms with Gasteiger partial charge in [0.1, 0.15) is 10.8 Å². The average molecular weight is 297 g/mol. The Labute approximate surface area is 122 Å². The van der Waals surface area contributed by atoms with Crippen LogP contribution in [0.25, 0.3) is 5.57 Å². The molecule has 1 rings (SSSR count). The minimum Gasteiger partial charge on any atom is -0.444 e. The molecule has 0 aromatic carbocycles. The van der Waals surface area contributed by atoms with Gasteiger partial charge in [-0.15, -0.1) is 0 Å². The Morgan fingerprint density at radius 2 is 2.10 bits per heavy atom. The van der Waals surface area contributed by atoms with Gasteiger partial charge in [0.15, 0.2) is 0 Å². The zero-order chi connectivity index (χ0) is 15.3. The first-order chi connectivity index (χ1) is 9.23. The molecule has 2 N–H and O–H groups in total. The molecule has 0 saturated carbocycles. The van der Waals surface area contributed by atoms with E-state index >= 15 is 0 Å². The summed E-state index contributed by atoms with van der Waals surface area (Å²) >= 11 is 6.01. The molecule has 1 aromatic heterocycles. The van der Waals surface area contributed by atoms with Gasteiger partial charge in [-0.1, -0.05) is 11.6 Å². The first-order valence-electron chi connectivity index (χ1n) is 5.92. The van der Waals surface area contributed by atoms with Crippen molar-refractivity contribution in [1.29, 1.82) is 5.41 Å². The van der Waals surface area contributed by atoms with E-state index in [-0.39, 0.29) is 10.7 Å². The smallest absolute Gasteiger partial charge is 0.412 e. The van der Waals surface area contributed by atoms with Crippen molar-refractivity contribution in [2.75, 3.05) is 0 Å². The van der Waals surface area contributed by atoms with Crippen molar-refractivity contribution in [3.63, 3.8) is 0 Å². The molecule has 108 valence electrons. The van der Waals surface area contributed by atoms with Gasteiger partial charge in [-0.05, 0) is 27.7 Å². The molecule has 0 aliphatic carbocycles. The van der Waals surface area contributed by atoms with Crippen LogP contribution in [-0.4, -0.2) is 27.9 Å². The number of hydrogen-bond donors (Lipinski definition) is 2. The number of alkyl carbamates (subject to hydrolysis) is 1. The van der Waals surface area contributed by atoms with Gasteiger partial charge >= 0.3 is 6.09 Å². The first-order valence-corrected chi connectivity index (χ1v) is 6.30. The molecule has 0 saturated heterocycles. The summed E-state index contributed by atoms with van der Waals surface area (Å²) in [6.45, 7) is 7.00. The number of rotatable bonds is 3. The van der Waals surface area contributed by atoms with Crippen LogP contribution in [0.4, 0.5) is 4.79 Å². The lowest BCUT2D eigenvalue weighted by atomic mass is 10.2. The van der Waals surface area contributed by atoms with Gasteiger partial charge in [0.2, 0.25) is 0 Å². The average Bonchev–Trinajstić information content (AvgIpc) is 2.26. The molecule has 1 aromatic rings. The van der Waals surface area contributed by atoms with Crippen LogP contribution in [0.5, 0.6) is 0 Å². The van der Waals surface area contributed by atoms with Gasteiger partial charge in [0.05, 0.1) is 23.2 Å². The van der Waals surface area contributed by atoms with Crippen LogP contribution >= 0.6 is 11.6 Å². The number of amides is 1. The number of ether oxygens (including phenoxy) is 1. The molecule has 0 aliphatic rings. The topological polar surface area (TPSA) is 88.0 Å². The molecular formula is C13H17ClN4O2. The Balaban J connectivity index is 2.96. The fraction of sp³-hybridized carbons (Fsp3) is 0.385. The Morgan fingerprint density at radius 3 is 2.60 bits per heavy atom. The molecule has 0 fully saturated rings. The van der Waals surface area contributed by atoms with Crippen molar-refractivity contribution in [3.8, 4) is 0 Å². The molecule has 1 amide bonds. The van der Waals surface area contributed by atoms with Crippen LogP contribution in [-0.2, 0) is 4.74 Å². The highest BCUT2D eigenvalue weighted by molar-refractivity contribution is 6.37. The third kappa shape index (κ3) is 4.97. The lowest BCUT2D eigenvalue weighted by Crippen LogP contribution is -2.31. The molecule has 7 heteroatoms. The highest BCUT2D eigenvalue weighted by Crippen LogP contribution is 2.16. The van der Waals surface area contributed by atoms with Gasteiger partial charge in [-0.25, -0.2) is 9.78 Å². The second-order valence-electron chi connectivity index (χ2n) is 5.04. The Hall–Kier alpha value is -1.95. The van der Waals surface area contributed by atoms with E-state index in [1.54, 1.807) is 33.9 Å². The fourth-order valence-corrected chi connectivity index (χ4v) is 1.53. The van der Waals surface area contributed by atoms with Crippen molar-refractivity contribution in [3.05, 3.63) is 28.9 Å². The first kappa shape index (κ1) is 16.1. The van der Waals surface area contributed by atoms with Crippen LogP contribution in [0.1, 0.15) is 32.2 Å². The number of allylic oxidation sites excluding steroid dienone is 1. The third-order valence-corrected chi connectivity index (χ3v) is 2.32. The maximum Gasteiger partial charge on any atom is 0.412 e. The monoisotopic (exact) mass is 296 g/mol. The number of halogens is 1. The number of carbonyl (C=O) groups excluding carboxylic acids is 1. The van der Waals surface area contributed by atoms with E-state index in [0.29, 0.717) is 11.4 Å². The summed E-state index contributed by atoms with van der Waals surface area (Å²) in [5.41, 5.74) is 0.716. The number of aromatic nitrogens is 2. The van der Waals surface area contributed by atoms with Crippen molar-refractivity contribution in [1.82, 2.24) is 15.3 Å².